The van der Waals surface area contributed by atoms with Gasteiger partial charge in [0.2, 0.25) is 17.5 Å². The average molecular weight is 825 g/mol. The summed E-state index contributed by atoms with van der Waals surface area (Å²) in [5.41, 5.74) is 3.29. The highest BCUT2D eigenvalue weighted by molar-refractivity contribution is 5.89. The lowest BCUT2D eigenvalue weighted by Crippen LogP contribution is -2.60. The third-order valence-corrected chi connectivity index (χ3v) is 10.1. The SMILES string of the molecule is O=c1c(O[C@H]2O[C@@H](CO)[C@H](O)[C@@H](O)[C@@H]2O)c(-c2ccc(OCc3ccccc3)c(OCc3ccccc3)c2)oc2cc(OCc3ccccc3)cc(OCc3ccccc3)c12. The molecule has 5 atom stereocenters. The lowest BCUT2D eigenvalue weighted by molar-refractivity contribution is -0.277. The molecule has 12 heteroatoms. The summed E-state index contributed by atoms with van der Waals surface area (Å²) in [7, 11) is 0. The first-order valence-electron chi connectivity index (χ1n) is 19.8. The largest absolute Gasteiger partial charge is 0.489 e. The van der Waals surface area contributed by atoms with Crippen LogP contribution in [0.15, 0.2) is 161 Å². The maximum Gasteiger partial charge on any atom is 0.239 e. The summed E-state index contributed by atoms with van der Waals surface area (Å²) >= 11 is 0. The van der Waals surface area contributed by atoms with Crippen LogP contribution in [0.5, 0.6) is 28.7 Å². The predicted molar refractivity (Wildman–Crippen MR) is 225 cm³/mol. The number of benzene rings is 6. The first-order valence-corrected chi connectivity index (χ1v) is 19.8. The Bertz CT molecular complexity index is 2570. The molecule has 1 saturated heterocycles. The van der Waals surface area contributed by atoms with Crippen molar-refractivity contribution in [2.45, 2.75) is 57.1 Å². The summed E-state index contributed by atoms with van der Waals surface area (Å²) in [6.45, 7) is 0.0307. The molecule has 12 nitrogen and oxygen atoms in total. The Kier molecular flexibility index (Phi) is 12.9. The lowest BCUT2D eigenvalue weighted by atomic mass is 9.99. The number of fused-ring (bicyclic) bond motifs is 1. The van der Waals surface area contributed by atoms with Crippen molar-refractivity contribution in [3.8, 4) is 40.1 Å². The Hall–Kier alpha value is -6.67. The topological polar surface area (TPSA) is 167 Å². The van der Waals surface area contributed by atoms with Gasteiger partial charge in [-0.3, -0.25) is 4.79 Å². The fraction of sp³-hybridized carbons (Fsp3) is 0.204. The second kappa shape index (κ2) is 19.1. The Balaban J connectivity index is 1.26. The van der Waals surface area contributed by atoms with E-state index in [2.05, 4.69) is 0 Å². The van der Waals surface area contributed by atoms with Gasteiger partial charge in [0, 0.05) is 17.7 Å². The number of aliphatic hydroxyl groups is 4. The molecular weight excluding hydrogens is 781 g/mol. The Labute approximate surface area is 351 Å². The van der Waals surface area contributed by atoms with E-state index in [1.807, 2.05) is 121 Å². The van der Waals surface area contributed by atoms with Crippen LogP contribution in [0.4, 0.5) is 0 Å². The number of aliphatic hydroxyl groups excluding tert-OH is 4. The molecule has 312 valence electrons. The summed E-state index contributed by atoms with van der Waals surface area (Å²) in [5.74, 6) is 0.712. The van der Waals surface area contributed by atoms with E-state index in [0.717, 1.165) is 22.3 Å². The molecule has 61 heavy (non-hydrogen) atoms. The number of hydrogen-bond acceptors (Lipinski definition) is 12. The van der Waals surface area contributed by atoms with Gasteiger partial charge >= 0.3 is 0 Å². The van der Waals surface area contributed by atoms with Gasteiger partial charge in [-0.2, -0.15) is 0 Å². The molecule has 4 N–H and O–H groups in total. The van der Waals surface area contributed by atoms with Gasteiger partial charge < -0.3 is 53.3 Å². The molecule has 8 rings (SSSR count). The second-order valence-electron chi connectivity index (χ2n) is 14.5. The van der Waals surface area contributed by atoms with Crippen molar-refractivity contribution in [2.75, 3.05) is 6.61 Å². The first kappa shape index (κ1) is 41.1. The molecule has 7 aromatic rings. The molecule has 0 aliphatic carbocycles. The molecule has 0 amide bonds. The second-order valence-corrected chi connectivity index (χ2v) is 14.5. The molecule has 2 heterocycles. The van der Waals surface area contributed by atoms with Crippen LogP contribution in [0.1, 0.15) is 22.3 Å². The third-order valence-electron chi connectivity index (χ3n) is 10.1. The minimum Gasteiger partial charge on any atom is -0.489 e. The average Bonchev–Trinajstić information content (AvgIpc) is 3.31. The fourth-order valence-electron chi connectivity index (χ4n) is 6.85. The van der Waals surface area contributed by atoms with E-state index in [1.165, 1.54) is 0 Å². The van der Waals surface area contributed by atoms with E-state index < -0.39 is 48.5 Å². The normalized spacial score (nSPS) is 18.7. The smallest absolute Gasteiger partial charge is 0.239 e. The summed E-state index contributed by atoms with van der Waals surface area (Å²) in [6, 6.07) is 46.4. The number of ether oxygens (including phenoxy) is 6. The third kappa shape index (κ3) is 9.70. The van der Waals surface area contributed by atoms with Gasteiger partial charge in [-0.15, -0.1) is 0 Å². The van der Waals surface area contributed by atoms with Crippen molar-refractivity contribution in [2.24, 2.45) is 0 Å². The lowest BCUT2D eigenvalue weighted by Gasteiger charge is -2.39. The van der Waals surface area contributed by atoms with Crippen LogP contribution >= 0.6 is 0 Å². The zero-order chi connectivity index (χ0) is 42.1. The van der Waals surface area contributed by atoms with Crippen LogP contribution in [0.25, 0.3) is 22.3 Å². The van der Waals surface area contributed by atoms with Crippen LogP contribution in [0, 0.1) is 0 Å². The van der Waals surface area contributed by atoms with Gasteiger partial charge in [-0.05, 0) is 40.5 Å². The van der Waals surface area contributed by atoms with Crippen LogP contribution in [-0.4, -0.2) is 57.7 Å². The first-order chi connectivity index (χ1) is 29.8. The molecule has 6 aromatic carbocycles. The molecule has 1 fully saturated rings. The zero-order valence-corrected chi connectivity index (χ0v) is 32.9. The van der Waals surface area contributed by atoms with Crippen LogP contribution in [0.2, 0.25) is 0 Å². The Morgan fingerprint density at radius 2 is 1.03 bits per heavy atom. The van der Waals surface area contributed by atoms with Crippen molar-refractivity contribution < 1.29 is 53.3 Å². The van der Waals surface area contributed by atoms with Gasteiger partial charge in [-0.1, -0.05) is 121 Å². The van der Waals surface area contributed by atoms with Gasteiger partial charge in [0.05, 0.1) is 6.61 Å². The molecule has 1 aliphatic heterocycles. The van der Waals surface area contributed by atoms with Crippen molar-refractivity contribution in [3.05, 3.63) is 184 Å². The highest BCUT2D eigenvalue weighted by Crippen LogP contribution is 2.41. The molecule has 0 spiro atoms. The van der Waals surface area contributed by atoms with Crippen LogP contribution < -0.4 is 29.1 Å². The number of hydrogen-bond donors (Lipinski definition) is 4. The Morgan fingerprint density at radius 1 is 0.525 bits per heavy atom. The van der Waals surface area contributed by atoms with Crippen LogP contribution in [-0.2, 0) is 31.2 Å². The highest BCUT2D eigenvalue weighted by Gasteiger charge is 2.45. The van der Waals surface area contributed by atoms with Crippen LogP contribution in [0.3, 0.4) is 0 Å². The predicted octanol–water partition coefficient (Wildman–Crippen LogP) is 6.95. The van der Waals surface area contributed by atoms with Crippen molar-refractivity contribution in [3.63, 3.8) is 0 Å². The van der Waals surface area contributed by atoms with Crippen molar-refractivity contribution >= 4 is 11.0 Å². The quantitative estimate of drug-likeness (QED) is 0.0793. The Morgan fingerprint density at radius 3 is 1.57 bits per heavy atom. The molecular formula is C49H44O12. The standard InChI is InChI=1S/C49H44O12/c50-26-41-43(51)45(53)46(54)49(60-41)61-48-44(52)42-39(58-30-34-19-11-4-12-20-34)24-36(55-27-31-13-5-1-6-14-31)25-40(42)59-47(48)35-21-22-37(56-28-32-15-7-2-8-16-32)38(23-35)57-29-33-17-9-3-10-18-33/h1-25,41,43,45-46,49-51,53-54H,26-30H2/t41-,43-,45+,46-,49+/m0/s1. The van der Waals surface area contributed by atoms with E-state index in [-0.39, 0.29) is 48.9 Å². The zero-order valence-electron chi connectivity index (χ0n) is 32.9. The number of rotatable bonds is 16. The molecule has 1 aromatic heterocycles. The van der Waals surface area contributed by atoms with Gasteiger partial charge in [-0.25, -0.2) is 0 Å². The van der Waals surface area contributed by atoms with E-state index in [0.29, 0.717) is 22.8 Å². The van der Waals surface area contributed by atoms with Crippen molar-refractivity contribution in [1.82, 2.24) is 0 Å². The summed E-state index contributed by atoms with van der Waals surface area (Å²) in [4.78, 5) is 15.0. The van der Waals surface area contributed by atoms with Gasteiger partial charge in [0.15, 0.2) is 17.3 Å². The van der Waals surface area contributed by atoms with E-state index in [4.69, 9.17) is 32.8 Å². The molecule has 0 bridgehead atoms. The summed E-state index contributed by atoms with van der Waals surface area (Å²) in [5, 5.41) is 42.2. The maximum absolute atomic E-state index is 15.0. The monoisotopic (exact) mass is 824 g/mol. The van der Waals surface area contributed by atoms with E-state index in [1.54, 1.807) is 30.3 Å². The summed E-state index contributed by atoms with van der Waals surface area (Å²) in [6.07, 6.45) is -8.30. The van der Waals surface area contributed by atoms with E-state index in [9.17, 15) is 25.2 Å². The minimum absolute atomic E-state index is 0.00491. The fourth-order valence-corrected chi connectivity index (χ4v) is 6.85. The van der Waals surface area contributed by atoms with Gasteiger partial charge in [0.1, 0.15) is 73.3 Å². The minimum atomic E-state index is -1.83. The highest BCUT2D eigenvalue weighted by atomic mass is 16.7. The molecule has 0 saturated carbocycles. The molecule has 1 aliphatic rings. The summed E-state index contributed by atoms with van der Waals surface area (Å²) < 4.78 is 43.7. The van der Waals surface area contributed by atoms with E-state index >= 15 is 0 Å². The van der Waals surface area contributed by atoms with Gasteiger partial charge in [0.25, 0.3) is 0 Å². The molecule has 0 radical (unpaired) electrons. The maximum atomic E-state index is 15.0. The molecule has 0 unspecified atom stereocenters. The van der Waals surface area contributed by atoms with Crippen molar-refractivity contribution in [1.29, 1.82) is 0 Å².